The molecule has 1 aliphatic rings. The molecule has 0 amide bonds. The van der Waals surface area contributed by atoms with Gasteiger partial charge in [-0.15, -0.1) is 0 Å². The molecule has 1 aliphatic heterocycles. The smallest absolute Gasteiger partial charge is 0.314 e. The van der Waals surface area contributed by atoms with Gasteiger partial charge in [-0.3, -0.25) is 4.79 Å². The van der Waals surface area contributed by atoms with Gasteiger partial charge in [0.2, 0.25) is 0 Å². The van der Waals surface area contributed by atoms with Gasteiger partial charge in [-0.2, -0.15) is 0 Å². The quantitative estimate of drug-likeness (QED) is 0.762. The maximum absolute atomic E-state index is 12.1. The molecule has 1 saturated heterocycles. The first-order chi connectivity index (χ1) is 9.26. The third-order valence-corrected chi connectivity index (χ3v) is 3.64. The number of hydrogen-bond donors (Lipinski definition) is 0. The predicted molar refractivity (Wildman–Crippen MR) is 73.4 cm³/mol. The van der Waals surface area contributed by atoms with Crippen molar-refractivity contribution >= 4 is 5.97 Å². The van der Waals surface area contributed by atoms with E-state index in [2.05, 4.69) is 4.90 Å². The fourth-order valence-electron chi connectivity index (χ4n) is 2.62. The van der Waals surface area contributed by atoms with Gasteiger partial charge in [0.05, 0.1) is 20.1 Å². The van der Waals surface area contributed by atoms with Crippen LogP contribution in [0.1, 0.15) is 24.3 Å². The summed E-state index contributed by atoms with van der Waals surface area (Å²) in [4.78, 5) is 14.4. The highest BCUT2D eigenvalue weighted by Gasteiger charge is 2.28. The summed E-state index contributed by atoms with van der Waals surface area (Å²) < 4.78 is 10.3. The van der Waals surface area contributed by atoms with E-state index in [-0.39, 0.29) is 11.9 Å². The Hall–Kier alpha value is -1.55. The van der Waals surface area contributed by atoms with Gasteiger partial charge in [0.1, 0.15) is 5.75 Å². The average Bonchev–Trinajstić information content (AvgIpc) is 2.97. The van der Waals surface area contributed by atoms with Crippen LogP contribution < -0.4 is 4.74 Å². The molecule has 4 nitrogen and oxygen atoms in total. The molecule has 1 fully saturated rings. The average molecular weight is 263 g/mol. The van der Waals surface area contributed by atoms with Crippen molar-refractivity contribution in [3.63, 3.8) is 0 Å². The van der Waals surface area contributed by atoms with Crippen LogP contribution in [-0.4, -0.2) is 44.7 Å². The summed E-state index contributed by atoms with van der Waals surface area (Å²) in [6, 6.07) is 7.66. The molecule has 1 aromatic rings. The monoisotopic (exact) mass is 263 g/mol. The van der Waals surface area contributed by atoms with Crippen molar-refractivity contribution in [1.29, 1.82) is 0 Å². The molecule has 2 rings (SSSR count). The molecule has 0 aliphatic carbocycles. The third kappa shape index (κ3) is 3.26. The van der Waals surface area contributed by atoms with Gasteiger partial charge in [0, 0.05) is 12.1 Å². The van der Waals surface area contributed by atoms with E-state index in [1.807, 2.05) is 24.3 Å². The lowest BCUT2D eigenvalue weighted by atomic mass is 9.97. The molecule has 1 atom stereocenters. The minimum atomic E-state index is -0.278. The van der Waals surface area contributed by atoms with Crippen molar-refractivity contribution in [3.8, 4) is 5.75 Å². The van der Waals surface area contributed by atoms with Gasteiger partial charge in [-0.1, -0.05) is 18.2 Å². The highest BCUT2D eigenvalue weighted by molar-refractivity contribution is 5.79. The Kier molecular flexibility index (Phi) is 4.80. The zero-order valence-electron chi connectivity index (χ0n) is 11.6. The van der Waals surface area contributed by atoms with E-state index < -0.39 is 0 Å². The van der Waals surface area contributed by atoms with Crippen LogP contribution >= 0.6 is 0 Å². The summed E-state index contributed by atoms with van der Waals surface area (Å²) in [6.45, 7) is 2.82. The van der Waals surface area contributed by atoms with E-state index in [0.29, 0.717) is 6.54 Å². The number of hydrogen-bond acceptors (Lipinski definition) is 4. The lowest BCUT2D eigenvalue weighted by Crippen LogP contribution is -2.30. The molecule has 0 saturated carbocycles. The molecule has 0 bridgehead atoms. The van der Waals surface area contributed by atoms with Crippen LogP contribution in [0.3, 0.4) is 0 Å². The molecule has 104 valence electrons. The number of benzene rings is 1. The number of para-hydroxylation sites is 1. The summed E-state index contributed by atoms with van der Waals surface area (Å²) in [5.74, 6) is 0.271. The Balaban J connectivity index is 2.23. The lowest BCUT2D eigenvalue weighted by Gasteiger charge is -2.23. The van der Waals surface area contributed by atoms with E-state index in [0.717, 1.165) is 24.4 Å². The van der Waals surface area contributed by atoms with Crippen LogP contribution in [0.15, 0.2) is 24.3 Å². The summed E-state index contributed by atoms with van der Waals surface area (Å²) >= 11 is 0. The Morgan fingerprint density at radius 1 is 1.26 bits per heavy atom. The van der Waals surface area contributed by atoms with E-state index >= 15 is 0 Å². The standard InChI is InChI=1S/C15H21NO3/c1-18-14-8-4-3-7-12(14)13(15(17)19-2)11-16-9-5-6-10-16/h3-4,7-8,13H,5-6,9-11H2,1-2H3. The van der Waals surface area contributed by atoms with Gasteiger partial charge < -0.3 is 14.4 Å². The van der Waals surface area contributed by atoms with Gasteiger partial charge in [0.25, 0.3) is 0 Å². The summed E-state index contributed by atoms with van der Waals surface area (Å²) in [5.41, 5.74) is 0.906. The predicted octanol–water partition coefficient (Wildman–Crippen LogP) is 2.05. The zero-order valence-corrected chi connectivity index (χ0v) is 11.6. The Morgan fingerprint density at radius 3 is 2.58 bits per heavy atom. The topological polar surface area (TPSA) is 38.8 Å². The minimum absolute atomic E-state index is 0.198. The molecule has 19 heavy (non-hydrogen) atoms. The number of methoxy groups -OCH3 is 2. The molecule has 1 unspecified atom stereocenters. The van der Waals surface area contributed by atoms with E-state index in [1.165, 1.54) is 20.0 Å². The second-order valence-electron chi connectivity index (χ2n) is 4.83. The van der Waals surface area contributed by atoms with Crippen molar-refractivity contribution < 1.29 is 14.3 Å². The molecular weight excluding hydrogens is 242 g/mol. The summed E-state index contributed by atoms with van der Waals surface area (Å²) in [5, 5.41) is 0. The second kappa shape index (κ2) is 6.57. The fraction of sp³-hybridized carbons (Fsp3) is 0.533. The van der Waals surface area contributed by atoms with Gasteiger partial charge in [-0.05, 0) is 32.0 Å². The maximum atomic E-state index is 12.1. The number of carbonyl (C=O) groups excluding carboxylic acids is 1. The Labute approximate surface area is 114 Å². The molecule has 4 heteroatoms. The van der Waals surface area contributed by atoms with Crippen LogP contribution in [0.5, 0.6) is 5.75 Å². The van der Waals surface area contributed by atoms with Crippen molar-refractivity contribution in [2.75, 3.05) is 33.9 Å². The molecule has 0 radical (unpaired) electrons. The van der Waals surface area contributed by atoms with E-state index in [4.69, 9.17) is 9.47 Å². The number of esters is 1. The van der Waals surface area contributed by atoms with Crippen LogP contribution in [0.25, 0.3) is 0 Å². The number of rotatable bonds is 5. The fourth-order valence-corrected chi connectivity index (χ4v) is 2.62. The highest BCUT2D eigenvalue weighted by Crippen LogP contribution is 2.29. The Bertz CT molecular complexity index is 427. The summed E-state index contributed by atoms with van der Waals surface area (Å²) in [6.07, 6.45) is 2.42. The number of nitrogens with zero attached hydrogens (tertiary/aromatic N) is 1. The lowest BCUT2D eigenvalue weighted by molar-refractivity contribution is -0.142. The third-order valence-electron chi connectivity index (χ3n) is 3.64. The van der Waals surface area contributed by atoms with Crippen molar-refractivity contribution in [2.45, 2.75) is 18.8 Å². The number of ether oxygens (including phenoxy) is 2. The van der Waals surface area contributed by atoms with Crippen LogP contribution in [0, 0.1) is 0 Å². The maximum Gasteiger partial charge on any atom is 0.314 e. The van der Waals surface area contributed by atoms with Gasteiger partial charge in [-0.25, -0.2) is 0 Å². The van der Waals surface area contributed by atoms with Crippen LogP contribution in [-0.2, 0) is 9.53 Å². The Morgan fingerprint density at radius 2 is 1.95 bits per heavy atom. The second-order valence-corrected chi connectivity index (χ2v) is 4.83. The van der Waals surface area contributed by atoms with Crippen molar-refractivity contribution in [1.82, 2.24) is 4.90 Å². The first-order valence-electron chi connectivity index (χ1n) is 6.69. The van der Waals surface area contributed by atoms with E-state index in [9.17, 15) is 4.79 Å². The van der Waals surface area contributed by atoms with Crippen molar-refractivity contribution in [3.05, 3.63) is 29.8 Å². The highest BCUT2D eigenvalue weighted by atomic mass is 16.5. The molecular formula is C15H21NO3. The normalized spacial score (nSPS) is 17.2. The molecule has 0 aromatic heterocycles. The zero-order chi connectivity index (χ0) is 13.7. The largest absolute Gasteiger partial charge is 0.496 e. The number of carbonyl (C=O) groups is 1. The van der Waals surface area contributed by atoms with Crippen LogP contribution in [0.2, 0.25) is 0 Å². The SMILES string of the molecule is COC(=O)C(CN1CCCC1)c1ccccc1OC. The van der Waals surface area contributed by atoms with Crippen LogP contribution in [0.4, 0.5) is 0 Å². The van der Waals surface area contributed by atoms with E-state index in [1.54, 1.807) is 7.11 Å². The van der Waals surface area contributed by atoms with Gasteiger partial charge in [0.15, 0.2) is 0 Å². The minimum Gasteiger partial charge on any atom is -0.496 e. The molecule has 1 aromatic carbocycles. The summed E-state index contributed by atoms with van der Waals surface area (Å²) in [7, 11) is 3.07. The van der Waals surface area contributed by atoms with Crippen molar-refractivity contribution in [2.24, 2.45) is 0 Å². The van der Waals surface area contributed by atoms with Gasteiger partial charge >= 0.3 is 5.97 Å². The first kappa shape index (κ1) is 13.9. The molecule has 0 N–H and O–H groups in total. The first-order valence-corrected chi connectivity index (χ1v) is 6.69. The number of likely N-dealkylation sites (tertiary alicyclic amines) is 1. The molecule has 0 spiro atoms. The molecule has 1 heterocycles.